The second-order valence-electron chi connectivity index (χ2n) is 4.45. The molecular formula is C12H15NO2Si. The molecule has 0 atom stereocenters. The van der Waals surface area contributed by atoms with E-state index in [2.05, 4.69) is 40.8 Å². The smallest absolute Gasteiger partial charge is 0.339 e. The first-order chi connectivity index (χ1) is 7.42. The molecule has 1 rings (SSSR count). The van der Waals surface area contributed by atoms with Crippen molar-refractivity contribution in [1.29, 1.82) is 0 Å². The summed E-state index contributed by atoms with van der Waals surface area (Å²) >= 11 is 0. The molecule has 0 saturated heterocycles. The van der Waals surface area contributed by atoms with Gasteiger partial charge in [-0.3, -0.25) is 4.98 Å². The van der Waals surface area contributed by atoms with Crippen LogP contribution >= 0.6 is 0 Å². The maximum atomic E-state index is 11.3. The van der Waals surface area contributed by atoms with Gasteiger partial charge < -0.3 is 4.74 Å². The quantitative estimate of drug-likeness (QED) is 0.423. The fourth-order valence-electron chi connectivity index (χ4n) is 0.997. The third-order valence-electron chi connectivity index (χ3n) is 1.74. The van der Waals surface area contributed by atoms with Crippen molar-refractivity contribution in [1.82, 2.24) is 4.98 Å². The molecule has 1 heterocycles. The molecule has 0 bridgehead atoms. The van der Waals surface area contributed by atoms with Crippen LogP contribution in [0.25, 0.3) is 0 Å². The summed E-state index contributed by atoms with van der Waals surface area (Å²) in [4.78, 5) is 15.2. The van der Waals surface area contributed by atoms with Crippen LogP contribution in [0.2, 0.25) is 19.6 Å². The van der Waals surface area contributed by atoms with Crippen LogP contribution < -0.4 is 0 Å². The third kappa shape index (κ3) is 3.87. The predicted octanol–water partition coefficient (Wildman–Crippen LogP) is 2.10. The Morgan fingerprint density at radius 1 is 1.38 bits per heavy atom. The van der Waals surface area contributed by atoms with Crippen LogP contribution in [0.3, 0.4) is 0 Å². The van der Waals surface area contributed by atoms with Gasteiger partial charge in [0.1, 0.15) is 8.07 Å². The van der Waals surface area contributed by atoms with Crippen molar-refractivity contribution in [3.8, 4) is 11.5 Å². The number of carbonyl (C=O) groups is 1. The highest BCUT2D eigenvalue weighted by atomic mass is 28.3. The summed E-state index contributed by atoms with van der Waals surface area (Å²) in [5.41, 5.74) is 4.41. The molecule has 1 aromatic rings. The van der Waals surface area contributed by atoms with E-state index < -0.39 is 8.07 Å². The predicted molar refractivity (Wildman–Crippen MR) is 65.8 cm³/mol. The van der Waals surface area contributed by atoms with E-state index in [1.165, 1.54) is 13.3 Å². The Hall–Kier alpha value is -1.60. The van der Waals surface area contributed by atoms with Crippen LogP contribution in [-0.4, -0.2) is 26.1 Å². The highest BCUT2D eigenvalue weighted by molar-refractivity contribution is 6.83. The fourth-order valence-corrected chi connectivity index (χ4v) is 1.52. The van der Waals surface area contributed by atoms with Gasteiger partial charge >= 0.3 is 5.97 Å². The molecule has 4 heteroatoms. The molecule has 0 spiro atoms. The van der Waals surface area contributed by atoms with Gasteiger partial charge in [-0.05, 0) is 6.07 Å². The Balaban J connectivity index is 2.99. The fraction of sp³-hybridized carbons (Fsp3) is 0.333. The number of esters is 1. The van der Waals surface area contributed by atoms with Gasteiger partial charge in [0.05, 0.1) is 12.7 Å². The Bertz CT molecular complexity index is 452. The highest BCUT2D eigenvalue weighted by Gasteiger charge is 2.08. The Morgan fingerprint density at radius 2 is 2.06 bits per heavy atom. The second kappa shape index (κ2) is 4.95. The maximum Gasteiger partial charge on any atom is 0.339 e. The molecule has 0 amide bonds. The SMILES string of the molecule is COC(=O)c1cncc(C#C[Si](C)(C)C)c1. The lowest BCUT2D eigenvalue weighted by Gasteiger charge is -2.03. The van der Waals surface area contributed by atoms with Crippen LogP contribution in [0, 0.1) is 11.5 Å². The first kappa shape index (κ1) is 12.5. The molecule has 0 radical (unpaired) electrons. The summed E-state index contributed by atoms with van der Waals surface area (Å²) in [6.45, 7) is 6.49. The molecule has 0 aliphatic carbocycles. The number of ether oxygens (including phenoxy) is 1. The lowest BCUT2D eigenvalue weighted by Crippen LogP contribution is -2.16. The molecule has 3 nitrogen and oxygen atoms in total. The zero-order valence-corrected chi connectivity index (χ0v) is 11.0. The van der Waals surface area contributed by atoms with Crippen molar-refractivity contribution < 1.29 is 9.53 Å². The van der Waals surface area contributed by atoms with E-state index in [9.17, 15) is 4.79 Å². The van der Waals surface area contributed by atoms with Gasteiger partial charge in [0.25, 0.3) is 0 Å². The Morgan fingerprint density at radius 3 is 2.62 bits per heavy atom. The van der Waals surface area contributed by atoms with E-state index in [0.29, 0.717) is 5.56 Å². The topological polar surface area (TPSA) is 39.2 Å². The average Bonchev–Trinajstić information content (AvgIpc) is 2.25. The first-order valence-corrected chi connectivity index (χ1v) is 8.49. The van der Waals surface area contributed by atoms with Crippen LogP contribution in [0.4, 0.5) is 0 Å². The van der Waals surface area contributed by atoms with E-state index in [4.69, 9.17) is 0 Å². The molecule has 0 aliphatic rings. The summed E-state index contributed by atoms with van der Waals surface area (Å²) in [7, 11) is -0.0480. The number of methoxy groups -OCH3 is 1. The van der Waals surface area contributed by atoms with E-state index in [1.54, 1.807) is 12.3 Å². The first-order valence-electron chi connectivity index (χ1n) is 4.99. The number of rotatable bonds is 1. The van der Waals surface area contributed by atoms with Crippen molar-refractivity contribution in [2.45, 2.75) is 19.6 Å². The molecule has 16 heavy (non-hydrogen) atoms. The minimum Gasteiger partial charge on any atom is -0.465 e. The van der Waals surface area contributed by atoms with Crippen molar-refractivity contribution in [2.75, 3.05) is 7.11 Å². The van der Waals surface area contributed by atoms with E-state index in [0.717, 1.165) is 5.56 Å². The van der Waals surface area contributed by atoms with Crippen LogP contribution in [0.1, 0.15) is 15.9 Å². The Labute approximate surface area is 96.9 Å². The molecule has 1 aromatic heterocycles. The van der Waals surface area contributed by atoms with Gasteiger partial charge in [-0.25, -0.2) is 4.79 Å². The molecule has 0 saturated carbocycles. The summed E-state index contributed by atoms with van der Waals surface area (Å²) in [6.07, 6.45) is 3.13. The summed E-state index contributed by atoms with van der Waals surface area (Å²) in [5.74, 6) is 2.66. The zero-order chi connectivity index (χ0) is 12.2. The van der Waals surface area contributed by atoms with Crippen LogP contribution in [0.15, 0.2) is 18.5 Å². The number of hydrogen-bond donors (Lipinski definition) is 0. The normalized spacial score (nSPS) is 10.2. The number of aromatic nitrogens is 1. The summed E-state index contributed by atoms with van der Waals surface area (Å²) in [5, 5.41) is 0. The standard InChI is InChI=1S/C12H15NO2Si/c1-15-12(14)11-7-10(8-13-9-11)5-6-16(2,3)4/h7-9H,1-4H3. The van der Waals surface area contributed by atoms with Gasteiger partial charge in [0.2, 0.25) is 0 Å². The zero-order valence-electron chi connectivity index (χ0n) is 10.00. The summed E-state index contributed by atoms with van der Waals surface area (Å²) < 4.78 is 4.62. The lowest BCUT2D eigenvalue weighted by atomic mass is 10.2. The molecule has 0 unspecified atom stereocenters. The molecule has 0 N–H and O–H groups in total. The highest BCUT2D eigenvalue weighted by Crippen LogP contribution is 2.04. The van der Waals surface area contributed by atoms with Crippen molar-refractivity contribution in [3.05, 3.63) is 29.6 Å². The van der Waals surface area contributed by atoms with E-state index in [1.807, 2.05) is 0 Å². The number of nitrogens with zero attached hydrogens (tertiary/aromatic N) is 1. The number of pyridine rings is 1. The van der Waals surface area contributed by atoms with Gasteiger partial charge in [-0.1, -0.05) is 25.6 Å². The molecule has 0 aliphatic heterocycles. The van der Waals surface area contributed by atoms with E-state index in [-0.39, 0.29) is 5.97 Å². The van der Waals surface area contributed by atoms with Crippen LogP contribution in [0.5, 0.6) is 0 Å². The monoisotopic (exact) mass is 233 g/mol. The molecule has 84 valence electrons. The number of carbonyl (C=O) groups excluding carboxylic acids is 1. The third-order valence-corrected chi connectivity index (χ3v) is 2.62. The molecule has 0 aromatic carbocycles. The van der Waals surface area contributed by atoms with Crippen molar-refractivity contribution in [3.63, 3.8) is 0 Å². The van der Waals surface area contributed by atoms with E-state index >= 15 is 0 Å². The minimum absolute atomic E-state index is 0.385. The van der Waals surface area contributed by atoms with Gasteiger partial charge in [-0.15, -0.1) is 5.54 Å². The minimum atomic E-state index is -1.40. The Kier molecular flexibility index (Phi) is 3.86. The van der Waals surface area contributed by atoms with Gasteiger partial charge in [-0.2, -0.15) is 0 Å². The van der Waals surface area contributed by atoms with Crippen LogP contribution in [-0.2, 0) is 4.74 Å². The molecular weight excluding hydrogens is 218 g/mol. The van der Waals surface area contributed by atoms with Gasteiger partial charge in [0, 0.05) is 18.0 Å². The maximum absolute atomic E-state index is 11.3. The average molecular weight is 233 g/mol. The lowest BCUT2D eigenvalue weighted by molar-refractivity contribution is 0.0600. The summed E-state index contributed by atoms with van der Waals surface area (Å²) in [6, 6.07) is 1.70. The van der Waals surface area contributed by atoms with Gasteiger partial charge in [0.15, 0.2) is 0 Å². The molecule has 0 fully saturated rings. The van der Waals surface area contributed by atoms with Crippen molar-refractivity contribution in [2.24, 2.45) is 0 Å². The second-order valence-corrected chi connectivity index (χ2v) is 9.20. The largest absolute Gasteiger partial charge is 0.465 e. The number of hydrogen-bond acceptors (Lipinski definition) is 3. The van der Waals surface area contributed by atoms with Crippen molar-refractivity contribution >= 4 is 14.0 Å².